The fraction of sp³-hybridized carbons (Fsp3) is 0.571. The van der Waals surface area contributed by atoms with Crippen LogP contribution in [0.1, 0.15) is 45.4 Å². The number of fused-ring (bicyclic) bond motifs is 5. The van der Waals surface area contributed by atoms with E-state index in [1.165, 1.54) is 25.7 Å². The van der Waals surface area contributed by atoms with Crippen LogP contribution in [0.15, 0.2) is 48.6 Å². The summed E-state index contributed by atoms with van der Waals surface area (Å²) in [5.41, 5.74) is 1.07. The highest BCUT2D eigenvalue weighted by molar-refractivity contribution is 6.01. The molecule has 5 atom stereocenters. The van der Waals surface area contributed by atoms with Crippen molar-refractivity contribution in [1.29, 1.82) is 0 Å². The van der Waals surface area contributed by atoms with Crippen molar-refractivity contribution in [2.24, 2.45) is 29.6 Å². The molecule has 0 N–H and O–H groups in total. The zero-order valence-corrected chi connectivity index (χ0v) is 13.7. The predicted octanol–water partition coefficient (Wildman–Crippen LogP) is 5.26. The average Bonchev–Trinajstić information content (AvgIpc) is 3.19. The van der Waals surface area contributed by atoms with Crippen LogP contribution in [0.4, 0.5) is 0 Å². The van der Waals surface area contributed by atoms with Gasteiger partial charge in [0.15, 0.2) is 5.78 Å². The number of ketones is 1. The lowest BCUT2D eigenvalue weighted by molar-refractivity contribution is -0.119. The van der Waals surface area contributed by atoms with Gasteiger partial charge < -0.3 is 0 Å². The summed E-state index contributed by atoms with van der Waals surface area (Å²) >= 11 is 0. The van der Waals surface area contributed by atoms with Crippen LogP contribution in [0.2, 0.25) is 0 Å². The van der Waals surface area contributed by atoms with Crippen LogP contribution >= 0.6 is 0 Å². The fourth-order valence-corrected chi connectivity index (χ4v) is 4.81. The quantitative estimate of drug-likeness (QED) is 0.356. The Hall–Kier alpha value is -1.37. The zero-order chi connectivity index (χ0) is 15.5. The zero-order valence-electron chi connectivity index (χ0n) is 13.7. The van der Waals surface area contributed by atoms with Gasteiger partial charge in [-0.05, 0) is 54.9 Å². The van der Waals surface area contributed by atoms with Crippen LogP contribution in [0, 0.1) is 29.6 Å². The Morgan fingerprint density at radius 1 is 1.27 bits per heavy atom. The average molecular weight is 296 g/mol. The summed E-state index contributed by atoms with van der Waals surface area (Å²) in [6.45, 7) is 6.14. The van der Waals surface area contributed by atoms with Gasteiger partial charge in [-0.25, -0.2) is 0 Å². The number of Topliss-reactive ketones (excluding diaryl/α,β-unsaturated/α-hetero) is 1. The highest BCUT2D eigenvalue weighted by Gasteiger charge is 2.56. The van der Waals surface area contributed by atoms with Gasteiger partial charge in [0, 0.05) is 5.92 Å². The van der Waals surface area contributed by atoms with Gasteiger partial charge in [-0.2, -0.15) is 0 Å². The second-order valence-corrected chi connectivity index (χ2v) is 7.09. The molecule has 0 heterocycles. The first-order chi connectivity index (χ1) is 10.8. The summed E-state index contributed by atoms with van der Waals surface area (Å²) in [7, 11) is 0. The van der Waals surface area contributed by atoms with E-state index in [-0.39, 0.29) is 5.92 Å². The smallest absolute Gasteiger partial charge is 0.163 e. The molecular formula is C21H28O. The Bertz CT molecular complexity index is 522. The lowest BCUT2D eigenvalue weighted by Gasteiger charge is -2.23. The van der Waals surface area contributed by atoms with Crippen molar-refractivity contribution >= 4 is 5.78 Å². The molecule has 2 saturated carbocycles. The summed E-state index contributed by atoms with van der Waals surface area (Å²) in [5, 5.41) is 0. The van der Waals surface area contributed by atoms with Gasteiger partial charge in [-0.15, -0.1) is 6.58 Å². The van der Waals surface area contributed by atoms with Crippen LogP contribution in [-0.2, 0) is 4.79 Å². The molecule has 1 nitrogen and oxygen atoms in total. The van der Waals surface area contributed by atoms with Gasteiger partial charge in [0.1, 0.15) is 0 Å². The van der Waals surface area contributed by atoms with E-state index in [0.29, 0.717) is 29.5 Å². The van der Waals surface area contributed by atoms with E-state index in [1.54, 1.807) is 0 Å². The first-order valence-corrected chi connectivity index (χ1v) is 8.98. The minimum atomic E-state index is 0.264. The molecule has 2 bridgehead atoms. The molecule has 3 aliphatic rings. The predicted molar refractivity (Wildman–Crippen MR) is 92.4 cm³/mol. The van der Waals surface area contributed by atoms with Crippen molar-refractivity contribution in [2.75, 3.05) is 0 Å². The topological polar surface area (TPSA) is 17.1 Å². The number of hydrogen-bond acceptors (Lipinski definition) is 1. The van der Waals surface area contributed by atoms with Crippen LogP contribution < -0.4 is 0 Å². The van der Waals surface area contributed by atoms with Crippen LogP contribution in [-0.4, -0.2) is 5.78 Å². The van der Waals surface area contributed by atoms with Crippen molar-refractivity contribution in [3.63, 3.8) is 0 Å². The van der Waals surface area contributed by atoms with Crippen LogP contribution in [0.5, 0.6) is 0 Å². The molecule has 22 heavy (non-hydrogen) atoms. The molecule has 0 aromatic rings. The number of rotatable bonds is 7. The molecule has 1 heteroatoms. The number of carbonyl (C=O) groups is 1. The lowest BCUT2D eigenvalue weighted by Crippen LogP contribution is -2.21. The second-order valence-electron chi connectivity index (χ2n) is 7.09. The number of hydrogen-bond donors (Lipinski definition) is 0. The monoisotopic (exact) mass is 296 g/mol. The highest BCUT2D eigenvalue weighted by atomic mass is 16.1. The molecule has 5 unspecified atom stereocenters. The Morgan fingerprint density at radius 2 is 2.09 bits per heavy atom. The third-order valence-corrected chi connectivity index (χ3v) is 5.78. The summed E-state index contributed by atoms with van der Waals surface area (Å²) in [6.07, 6.45) is 20.2. The Balaban J connectivity index is 1.73. The SMILES string of the molecule is C=CCC1/C(=C\C=C\CCCCC)C(=O)C2C3C=CC(C3)C12. The molecule has 0 spiro atoms. The molecule has 118 valence electrons. The van der Waals surface area contributed by atoms with E-state index < -0.39 is 0 Å². The van der Waals surface area contributed by atoms with Crippen molar-refractivity contribution < 1.29 is 4.79 Å². The maximum atomic E-state index is 12.9. The van der Waals surface area contributed by atoms with Crippen LogP contribution in [0.3, 0.4) is 0 Å². The number of carbonyl (C=O) groups excluding carboxylic acids is 1. The van der Waals surface area contributed by atoms with E-state index >= 15 is 0 Å². The van der Waals surface area contributed by atoms with E-state index in [1.807, 2.05) is 6.08 Å². The molecule has 0 aliphatic heterocycles. The first-order valence-electron chi connectivity index (χ1n) is 8.98. The summed E-state index contributed by atoms with van der Waals surface area (Å²) in [5.74, 6) is 2.76. The largest absolute Gasteiger partial charge is 0.294 e. The van der Waals surface area contributed by atoms with Gasteiger partial charge in [0.25, 0.3) is 0 Å². The van der Waals surface area contributed by atoms with Crippen molar-refractivity contribution in [2.45, 2.75) is 45.4 Å². The van der Waals surface area contributed by atoms with Crippen molar-refractivity contribution in [1.82, 2.24) is 0 Å². The fourth-order valence-electron chi connectivity index (χ4n) is 4.81. The van der Waals surface area contributed by atoms with E-state index in [2.05, 4.69) is 43.9 Å². The lowest BCUT2D eigenvalue weighted by atomic mass is 9.79. The maximum Gasteiger partial charge on any atom is 0.163 e. The third kappa shape index (κ3) is 2.66. The maximum absolute atomic E-state index is 12.9. The molecular weight excluding hydrogens is 268 g/mol. The Labute approximate surface area is 134 Å². The summed E-state index contributed by atoms with van der Waals surface area (Å²) in [6, 6.07) is 0. The van der Waals surface area contributed by atoms with Crippen LogP contribution in [0.25, 0.3) is 0 Å². The van der Waals surface area contributed by atoms with Gasteiger partial charge in [-0.3, -0.25) is 4.79 Å². The number of unbranched alkanes of at least 4 members (excludes halogenated alkanes) is 3. The van der Waals surface area contributed by atoms with Crippen molar-refractivity contribution in [3.05, 3.63) is 48.6 Å². The molecule has 2 fully saturated rings. The highest BCUT2D eigenvalue weighted by Crippen LogP contribution is 2.58. The molecule has 0 amide bonds. The summed E-state index contributed by atoms with van der Waals surface area (Å²) in [4.78, 5) is 12.9. The summed E-state index contributed by atoms with van der Waals surface area (Å²) < 4.78 is 0. The van der Waals surface area contributed by atoms with Gasteiger partial charge in [0.2, 0.25) is 0 Å². The second kappa shape index (κ2) is 6.81. The van der Waals surface area contributed by atoms with E-state index in [9.17, 15) is 4.79 Å². The molecule has 0 aromatic carbocycles. The van der Waals surface area contributed by atoms with Gasteiger partial charge >= 0.3 is 0 Å². The Kier molecular flexibility index (Phi) is 4.81. The first kappa shape index (κ1) is 15.5. The molecule has 0 aromatic heterocycles. The van der Waals surface area contributed by atoms with Gasteiger partial charge in [0.05, 0.1) is 0 Å². The number of allylic oxidation sites excluding steroid dienone is 7. The minimum Gasteiger partial charge on any atom is -0.294 e. The van der Waals surface area contributed by atoms with Gasteiger partial charge in [-0.1, -0.05) is 56.2 Å². The third-order valence-electron chi connectivity index (χ3n) is 5.78. The molecule has 3 aliphatic carbocycles. The minimum absolute atomic E-state index is 0.264. The Morgan fingerprint density at radius 3 is 2.86 bits per heavy atom. The normalized spacial score (nSPS) is 37.6. The molecule has 3 rings (SSSR count). The molecule has 0 saturated heterocycles. The molecule has 0 radical (unpaired) electrons. The standard InChI is InChI=1S/C21H28O/c1-3-5-6-7-8-9-11-18-17(10-4-2)19-15-12-13-16(14-15)20(19)21(18)22/h4,8-9,11-13,15-17,19-20H,2-3,5-7,10,14H2,1H3/b9-8+,18-11+. The van der Waals surface area contributed by atoms with E-state index in [0.717, 1.165) is 18.4 Å². The van der Waals surface area contributed by atoms with E-state index in [4.69, 9.17) is 0 Å². The van der Waals surface area contributed by atoms with Crippen molar-refractivity contribution in [3.8, 4) is 0 Å².